The number of nitrogens with zero attached hydrogens (tertiary/aromatic N) is 5. The van der Waals surface area contributed by atoms with Crippen LogP contribution in [0.2, 0.25) is 5.15 Å². The van der Waals surface area contributed by atoms with Crippen LogP contribution in [0.15, 0.2) is 36.8 Å². The summed E-state index contributed by atoms with van der Waals surface area (Å²) in [7, 11) is 0. The summed E-state index contributed by atoms with van der Waals surface area (Å²) >= 11 is 5.90. The summed E-state index contributed by atoms with van der Waals surface area (Å²) in [6, 6.07) is 6.02. The fraction of sp³-hybridized carbons (Fsp3) is 0.0769. The van der Waals surface area contributed by atoms with Gasteiger partial charge in [-0.1, -0.05) is 23.7 Å². The molecule has 6 nitrogen and oxygen atoms in total. The summed E-state index contributed by atoms with van der Waals surface area (Å²) in [6.07, 6.45) is 5.02. The van der Waals surface area contributed by atoms with Crippen LogP contribution in [0.3, 0.4) is 0 Å². The van der Waals surface area contributed by atoms with E-state index in [9.17, 15) is 0 Å². The van der Waals surface area contributed by atoms with Crippen LogP contribution in [0, 0.1) is 0 Å². The number of nitrogens with one attached hydrogen (secondary N) is 1. The van der Waals surface area contributed by atoms with Gasteiger partial charge in [-0.2, -0.15) is 10.2 Å². The predicted octanol–water partition coefficient (Wildman–Crippen LogP) is 2.40. The lowest BCUT2D eigenvalue weighted by Gasteiger charge is -2.04. The van der Waals surface area contributed by atoms with Gasteiger partial charge in [0.15, 0.2) is 5.65 Å². The molecule has 0 bridgehead atoms. The van der Waals surface area contributed by atoms with Gasteiger partial charge in [-0.3, -0.25) is 5.10 Å². The van der Waals surface area contributed by atoms with Gasteiger partial charge in [0, 0.05) is 5.39 Å². The summed E-state index contributed by atoms with van der Waals surface area (Å²) in [5.41, 5.74) is 3.53. The highest BCUT2D eigenvalue weighted by molar-refractivity contribution is 6.29. The standard InChI is InChI=1S/C13H9ClN6/c14-12-6-15-11-5-17-20(13(11)18-12)7-8-2-1-3-10-9(8)4-16-19-10/h1-6H,7H2,(H,16,19). The number of aromatic amines is 1. The second-order valence-corrected chi connectivity index (χ2v) is 4.84. The Labute approximate surface area is 118 Å². The van der Waals surface area contributed by atoms with Crippen molar-refractivity contribution in [2.75, 3.05) is 0 Å². The number of halogens is 1. The van der Waals surface area contributed by atoms with Crippen molar-refractivity contribution in [3.8, 4) is 0 Å². The largest absolute Gasteiger partial charge is 0.278 e. The zero-order valence-corrected chi connectivity index (χ0v) is 11.0. The number of benzene rings is 1. The number of hydrogen-bond donors (Lipinski definition) is 1. The summed E-state index contributed by atoms with van der Waals surface area (Å²) in [5, 5.41) is 12.8. The van der Waals surface area contributed by atoms with E-state index in [1.807, 2.05) is 24.4 Å². The zero-order valence-electron chi connectivity index (χ0n) is 10.3. The average Bonchev–Trinajstić information content (AvgIpc) is 3.06. The summed E-state index contributed by atoms with van der Waals surface area (Å²) in [6.45, 7) is 0.593. The van der Waals surface area contributed by atoms with Crippen LogP contribution >= 0.6 is 11.6 Å². The van der Waals surface area contributed by atoms with Crippen LogP contribution < -0.4 is 0 Å². The molecular weight excluding hydrogens is 276 g/mol. The normalized spacial score (nSPS) is 11.4. The van der Waals surface area contributed by atoms with E-state index in [0.717, 1.165) is 22.0 Å². The van der Waals surface area contributed by atoms with E-state index in [4.69, 9.17) is 11.6 Å². The summed E-state index contributed by atoms with van der Waals surface area (Å²) < 4.78 is 1.79. The zero-order chi connectivity index (χ0) is 13.5. The van der Waals surface area contributed by atoms with E-state index in [1.54, 1.807) is 10.9 Å². The molecule has 0 atom stereocenters. The lowest BCUT2D eigenvalue weighted by Crippen LogP contribution is -2.03. The van der Waals surface area contributed by atoms with Gasteiger partial charge in [-0.25, -0.2) is 14.6 Å². The number of aromatic nitrogens is 6. The maximum Gasteiger partial charge on any atom is 0.178 e. The molecule has 0 aliphatic heterocycles. The van der Waals surface area contributed by atoms with Crippen LogP contribution in [0.1, 0.15) is 5.56 Å². The molecule has 7 heteroatoms. The van der Waals surface area contributed by atoms with Crippen molar-refractivity contribution < 1.29 is 0 Å². The van der Waals surface area contributed by atoms with E-state index in [0.29, 0.717) is 17.3 Å². The topological polar surface area (TPSA) is 72.3 Å². The van der Waals surface area contributed by atoms with Crippen molar-refractivity contribution in [1.29, 1.82) is 0 Å². The molecule has 0 unspecified atom stereocenters. The predicted molar refractivity (Wildman–Crippen MR) is 75.5 cm³/mol. The van der Waals surface area contributed by atoms with Gasteiger partial charge < -0.3 is 0 Å². The van der Waals surface area contributed by atoms with E-state index in [-0.39, 0.29) is 0 Å². The van der Waals surface area contributed by atoms with Crippen molar-refractivity contribution in [2.24, 2.45) is 0 Å². The first-order valence-electron chi connectivity index (χ1n) is 6.06. The first kappa shape index (κ1) is 11.4. The van der Waals surface area contributed by atoms with Crippen LogP contribution in [0.4, 0.5) is 0 Å². The molecule has 0 aliphatic rings. The van der Waals surface area contributed by atoms with E-state index in [1.165, 1.54) is 6.20 Å². The number of hydrogen-bond acceptors (Lipinski definition) is 4. The monoisotopic (exact) mass is 284 g/mol. The lowest BCUT2D eigenvalue weighted by molar-refractivity contribution is 0.707. The first-order chi connectivity index (χ1) is 9.81. The minimum Gasteiger partial charge on any atom is -0.278 e. The van der Waals surface area contributed by atoms with Gasteiger partial charge >= 0.3 is 0 Å². The quantitative estimate of drug-likeness (QED) is 0.613. The molecule has 0 spiro atoms. The lowest BCUT2D eigenvalue weighted by atomic mass is 10.1. The number of H-pyrrole nitrogens is 1. The van der Waals surface area contributed by atoms with E-state index in [2.05, 4.69) is 25.3 Å². The highest BCUT2D eigenvalue weighted by Crippen LogP contribution is 2.19. The minimum absolute atomic E-state index is 0.362. The SMILES string of the molecule is Clc1cnc2cnn(Cc3cccc4[nH]ncc34)c2n1. The molecule has 98 valence electrons. The van der Waals surface area contributed by atoms with E-state index >= 15 is 0 Å². The molecule has 4 rings (SSSR count). The highest BCUT2D eigenvalue weighted by Gasteiger charge is 2.09. The summed E-state index contributed by atoms with van der Waals surface area (Å²) in [4.78, 5) is 8.48. The molecule has 0 radical (unpaired) electrons. The first-order valence-corrected chi connectivity index (χ1v) is 6.44. The molecule has 4 aromatic rings. The fourth-order valence-corrected chi connectivity index (χ4v) is 2.40. The van der Waals surface area contributed by atoms with Gasteiger partial charge in [-0.15, -0.1) is 0 Å². The van der Waals surface area contributed by atoms with Gasteiger partial charge in [0.25, 0.3) is 0 Å². The second kappa shape index (κ2) is 4.28. The van der Waals surface area contributed by atoms with Gasteiger partial charge in [0.2, 0.25) is 0 Å². The fourth-order valence-electron chi connectivity index (χ4n) is 2.27. The van der Waals surface area contributed by atoms with Gasteiger partial charge in [0.1, 0.15) is 10.7 Å². The maximum atomic E-state index is 5.90. The van der Waals surface area contributed by atoms with Crippen molar-refractivity contribution in [2.45, 2.75) is 6.54 Å². The van der Waals surface area contributed by atoms with Crippen molar-refractivity contribution in [1.82, 2.24) is 29.9 Å². The van der Waals surface area contributed by atoms with Crippen molar-refractivity contribution >= 4 is 33.7 Å². The third kappa shape index (κ3) is 1.73. The highest BCUT2D eigenvalue weighted by atomic mass is 35.5. The molecule has 1 aromatic carbocycles. The van der Waals surface area contributed by atoms with Crippen LogP contribution in [-0.4, -0.2) is 29.9 Å². The molecule has 20 heavy (non-hydrogen) atoms. The smallest absolute Gasteiger partial charge is 0.178 e. The van der Waals surface area contributed by atoms with E-state index < -0.39 is 0 Å². The minimum atomic E-state index is 0.362. The molecule has 0 aliphatic carbocycles. The Kier molecular flexibility index (Phi) is 2.43. The molecule has 0 amide bonds. The molecule has 1 N–H and O–H groups in total. The molecular formula is C13H9ClN6. The molecule has 0 saturated carbocycles. The van der Waals surface area contributed by atoms with Crippen LogP contribution in [0.25, 0.3) is 22.1 Å². The maximum absolute atomic E-state index is 5.90. The molecule has 3 aromatic heterocycles. The Morgan fingerprint density at radius 2 is 2.15 bits per heavy atom. The van der Waals surface area contributed by atoms with Crippen molar-refractivity contribution in [3.05, 3.63) is 47.5 Å². The van der Waals surface area contributed by atoms with Crippen LogP contribution in [-0.2, 0) is 6.54 Å². The molecule has 0 saturated heterocycles. The number of rotatable bonds is 2. The summed E-state index contributed by atoms with van der Waals surface area (Å²) in [5.74, 6) is 0. The Morgan fingerprint density at radius 1 is 1.20 bits per heavy atom. The Morgan fingerprint density at radius 3 is 3.10 bits per heavy atom. The van der Waals surface area contributed by atoms with Gasteiger partial charge in [-0.05, 0) is 11.6 Å². The average molecular weight is 285 g/mol. The van der Waals surface area contributed by atoms with Crippen molar-refractivity contribution in [3.63, 3.8) is 0 Å². The number of fused-ring (bicyclic) bond motifs is 2. The Balaban J connectivity index is 1.84. The third-order valence-corrected chi connectivity index (χ3v) is 3.39. The van der Waals surface area contributed by atoms with Gasteiger partial charge in [0.05, 0.1) is 30.7 Å². The molecule has 0 fully saturated rings. The molecule has 3 heterocycles. The van der Waals surface area contributed by atoms with Crippen LogP contribution in [0.5, 0.6) is 0 Å². The third-order valence-electron chi connectivity index (χ3n) is 3.21. The second-order valence-electron chi connectivity index (χ2n) is 4.45. The Bertz CT molecular complexity index is 909. The Hall–Kier alpha value is -2.47.